The lowest BCUT2D eigenvalue weighted by molar-refractivity contribution is 0.359. The summed E-state index contributed by atoms with van der Waals surface area (Å²) in [6.45, 7) is 4.25. The van der Waals surface area contributed by atoms with Crippen molar-refractivity contribution in [1.29, 1.82) is 0 Å². The Morgan fingerprint density at radius 2 is 1.73 bits per heavy atom. The van der Waals surface area contributed by atoms with Crippen molar-refractivity contribution in [2.24, 2.45) is 0 Å². The highest BCUT2D eigenvalue weighted by molar-refractivity contribution is 5.54. The average molecular weight is 356 g/mol. The number of rotatable bonds is 11. The monoisotopic (exact) mass is 355 g/mol. The van der Waals surface area contributed by atoms with E-state index in [-0.39, 0.29) is 0 Å². The molecule has 1 fully saturated rings. The first-order valence-corrected chi connectivity index (χ1v) is 10.5. The molecule has 1 aromatic heterocycles. The molecule has 1 atom stereocenters. The van der Waals surface area contributed by atoms with E-state index in [2.05, 4.69) is 46.6 Å². The Morgan fingerprint density at radius 1 is 1.00 bits per heavy atom. The molecular formula is C22H33N3O. The third-order valence-electron chi connectivity index (χ3n) is 5.38. The van der Waals surface area contributed by atoms with Crippen molar-refractivity contribution in [2.75, 3.05) is 13.1 Å². The van der Waals surface area contributed by atoms with Crippen molar-refractivity contribution in [3.8, 4) is 11.4 Å². The van der Waals surface area contributed by atoms with Crippen LogP contribution in [0, 0.1) is 0 Å². The molecule has 3 rings (SSSR count). The number of nitrogens with zero attached hydrogens (tertiary/aromatic N) is 2. The molecule has 2 heterocycles. The quantitative estimate of drug-likeness (QED) is 0.541. The van der Waals surface area contributed by atoms with E-state index >= 15 is 0 Å². The summed E-state index contributed by atoms with van der Waals surface area (Å²) in [6.07, 6.45) is 13.2. The molecular weight excluding hydrogens is 322 g/mol. The largest absolute Gasteiger partial charge is 0.339 e. The minimum Gasteiger partial charge on any atom is -0.339 e. The molecule has 26 heavy (non-hydrogen) atoms. The van der Waals surface area contributed by atoms with E-state index in [1.165, 1.54) is 63.4 Å². The van der Waals surface area contributed by atoms with E-state index in [1.807, 2.05) is 0 Å². The van der Waals surface area contributed by atoms with Gasteiger partial charge in [-0.3, -0.25) is 0 Å². The summed E-state index contributed by atoms with van der Waals surface area (Å²) in [5.74, 6) is 1.86. The van der Waals surface area contributed by atoms with E-state index in [1.54, 1.807) is 0 Å². The maximum absolute atomic E-state index is 5.46. The van der Waals surface area contributed by atoms with E-state index < -0.39 is 0 Å². The second-order valence-corrected chi connectivity index (χ2v) is 7.57. The standard InChI is InChI=1S/C22H33N3O/c1-2-3-4-5-6-7-8-9-10-18-11-13-19(14-12-18)21-24-22(26-25-21)20-15-16-23-17-20/h11-14,20,23H,2-10,15-17H2,1H3. The highest BCUT2D eigenvalue weighted by Gasteiger charge is 2.22. The normalized spacial score (nSPS) is 17.0. The second kappa shape index (κ2) is 10.5. The van der Waals surface area contributed by atoms with Crippen LogP contribution in [0.3, 0.4) is 0 Å². The SMILES string of the molecule is CCCCCCCCCCc1ccc(-c2noc(C3CCNC3)n2)cc1. The minimum absolute atomic E-state index is 0.373. The first-order valence-electron chi connectivity index (χ1n) is 10.5. The predicted octanol–water partition coefficient (Wildman–Crippen LogP) is 5.50. The number of aryl methyl sites for hydroxylation is 1. The Morgan fingerprint density at radius 3 is 2.42 bits per heavy atom. The zero-order valence-electron chi connectivity index (χ0n) is 16.2. The van der Waals surface area contributed by atoms with Crippen LogP contribution in [0.15, 0.2) is 28.8 Å². The number of unbranched alkanes of at least 4 members (excludes halogenated alkanes) is 7. The number of hydrogen-bond donors (Lipinski definition) is 1. The number of nitrogens with one attached hydrogen (secondary N) is 1. The van der Waals surface area contributed by atoms with Crippen molar-refractivity contribution < 1.29 is 4.52 Å². The Kier molecular flexibility index (Phi) is 7.68. The fourth-order valence-electron chi connectivity index (χ4n) is 3.67. The lowest BCUT2D eigenvalue weighted by atomic mass is 10.0. The molecule has 0 saturated carbocycles. The summed E-state index contributed by atoms with van der Waals surface area (Å²) < 4.78 is 5.46. The zero-order valence-corrected chi connectivity index (χ0v) is 16.2. The lowest BCUT2D eigenvalue weighted by Crippen LogP contribution is -2.08. The minimum atomic E-state index is 0.373. The van der Waals surface area contributed by atoms with Crippen molar-refractivity contribution in [3.05, 3.63) is 35.7 Å². The highest BCUT2D eigenvalue weighted by Crippen LogP contribution is 2.24. The Balaban J connectivity index is 1.39. The smallest absolute Gasteiger partial charge is 0.231 e. The number of benzene rings is 1. The van der Waals surface area contributed by atoms with Crippen LogP contribution in [-0.2, 0) is 6.42 Å². The van der Waals surface area contributed by atoms with Crippen LogP contribution in [0.25, 0.3) is 11.4 Å². The van der Waals surface area contributed by atoms with Gasteiger partial charge in [-0.1, -0.05) is 81.3 Å². The van der Waals surface area contributed by atoms with Crippen molar-refractivity contribution in [2.45, 2.75) is 77.0 Å². The highest BCUT2D eigenvalue weighted by atomic mass is 16.5. The molecule has 1 saturated heterocycles. The summed E-state index contributed by atoms with van der Waals surface area (Å²) >= 11 is 0. The second-order valence-electron chi connectivity index (χ2n) is 7.57. The van der Waals surface area contributed by atoms with Gasteiger partial charge in [-0.15, -0.1) is 0 Å². The lowest BCUT2D eigenvalue weighted by Gasteiger charge is -2.03. The molecule has 4 heteroatoms. The van der Waals surface area contributed by atoms with Crippen LogP contribution in [0.5, 0.6) is 0 Å². The summed E-state index contributed by atoms with van der Waals surface area (Å²) in [5.41, 5.74) is 2.45. The van der Waals surface area contributed by atoms with Crippen molar-refractivity contribution in [1.82, 2.24) is 15.5 Å². The maximum Gasteiger partial charge on any atom is 0.231 e. The molecule has 0 radical (unpaired) electrons. The van der Waals surface area contributed by atoms with Gasteiger partial charge in [-0.25, -0.2) is 0 Å². The van der Waals surface area contributed by atoms with Gasteiger partial charge in [0.25, 0.3) is 0 Å². The van der Waals surface area contributed by atoms with E-state index in [4.69, 9.17) is 4.52 Å². The van der Waals surface area contributed by atoms with Gasteiger partial charge in [0.05, 0.1) is 5.92 Å². The molecule has 1 aliphatic heterocycles. The molecule has 0 bridgehead atoms. The fourth-order valence-corrected chi connectivity index (χ4v) is 3.67. The third kappa shape index (κ3) is 5.66. The molecule has 142 valence electrons. The van der Waals surface area contributed by atoms with Gasteiger partial charge in [0.15, 0.2) is 0 Å². The Labute approximate surface area is 157 Å². The van der Waals surface area contributed by atoms with Gasteiger partial charge in [0, 0.05) is 12.1 Å². The Hall–Kier alpha value is -1.68. The van der Waals surface area contributed by atoms with Crippen molar-refractivity contribution in [3.63, 3.8) is 0 Å². The van der Waals surface area contributed by atoms with Gasteiger partial charge in [-0.05, 0) is 31.4 Å². The van der Waals surface area contributed by atoms with Crippen LogP contribution < -0.4 is 5.32 Å². The van der Waals surface area contributed by atoms with Gasteiger partial charge in [-0.2, -0.15) is 4.98 Å². The molecule has 0 aliphatic carbocycles. The molecule has 0 amide bonds. The number of aromatic nitrogens is 2. The van der Waals surface area contributed by atoms with Gasteiger partial charge in [0.1, 0.15) is 0 Å². The molecule has 1 N–H and O–H groups in total. The van der Waals surface area contributed by atoms with E-state index in [0.717, 1.165) is 31.0 Å². The molecule has 1 aromatic carbocycles. The van der Waals surface area contributed by atoms with Crippen LogP contribution in [0.4, 0.5) is 0 Å². The molecule has 2 aromatic rings. The van der Waals surface area contributed by atoms with E-state index in [0.29, 0.717) is 11.7 Å². The van der Waals surface area contributed by atoms with Gasteiger partial charge in [0.2, 0.25) is 11.7 Å². The first kappa shape index (κ1) is 19.1. The van der Waals surface area contributed by atoms with Crippen molar-refractivity contribution >= 4 is 0 Å². The van der Waals surface area contributed by atoms with Crippen LogP contribution in [0.1, 0.15) is 82.1 Å². The summed E-state index contributed by atoms with van der Waals surface area (Å²) in [6, 6.07) is 8.68. The fraction of sp³-hybridized carbons (Fsp3) is 0.636. The molecule has 4 nitrogen and oxygen atoms in total. The molecule has 0 spiro atoms. The molecule has 1 unspecified atom stereocenters. The zero-order chi connectivity index (χ0) is 18.0. The first-order chi connectivity index (χ1) is 12.9. The summed E-state index contributed by atoms with van der Waals surface area (Å²) in [7, 11) is 0. The van der Waals surface area contributed by atoms with Crippen LogP contribution in [-0.4, -0.2) is 23.2 Å². The molecule has 1 aliphatic rings. The van der Waals surface area contributed by atoms with E-state index in [9.17, 15) is 0 Å². The third-order valence-corrected chi connectivity index (χ3v) is 5.38. The topological polar surface area (TPSA) is 51.0 Å². The summed E-state index contributed by atoms with van der Waals surface area (Å²) in [5, 5.41) is 7.50. The summed E-state index contributed by atoms with van der Waals surface area (Å²) in [4.78, 5) is 4.59. The van der Waals surface area contributed by atoms with Gasteiger partial charge < -0.3 is 9.84 Å². The Bertz CT molecular complexity index is 629. The average Bonchev–Trinajstić information content (AvgIpc) is 3.36. The van der Waals surface area contributed by atoms with Gasteiger partial charge >= 0.3 is 0 Å². The van der Waals surface area contributed by atoms with Crippen LogP contribution >= 0.6 is 0 Å². The maximum atomic E-state index is 5.46. The predicted molar refractivity (Wildman–Crippen MR) is 106 cm³/mol. The van der Waals surface area contributed by atoms with Crippen LogP contribution in [0.2, 0.25) is 0 Å². The number of hydrogen-bond acceptors (Lipinski definition) is 4.